The molecule has 1 N–H and O–H groups in total. The summed E-state index contributed by atoms with van der Waals surface area (Å²) in [6, 6.07) is 9.09. The van der Waals surface area contributed by atoms with Gasteiger partial charge < -0.3 is 5.11 Å². The van der Waals surface area contributed by atoms with Crippen LogP contribution in [0, 0.1) is 5.82 Å². The second kappa shape index (κ2) is 6.30. The van der Waals surface area contributed by atoms with Crippen LogP contribution in [0.1, 0.15) is 66.6 Å². The second-order valence-electron chi connectivity index (χ2n) is 6.15. The number of hydrogen-bond donors (Lipinski definition) is 1. The number of phenols is 1. The lowest BCUT2D eigenvalue weighted by molar-refractivity contribution is 0.103. The number of benzene rings is 2. The Morgan fingerprint density at radius 1 is 0.955 bits per heavy atom. The summed E-state index contributed by atoms with van der Waals surface area (Å²) in [5.41, 5.74) is 2.28. The van der Waals surface area contributed by atoms with Crippen LogP contribution < -0.4 is 0 Å². The van der Waals surface area contributed by atoms with Crippen molar-refractivity contribution in [2.45, 2.75) is 39.5 Å². The van der Waals surface area contributed by atoms with Crippen molar-refractivity contribution in [3.05, 3.63) is 64.5 Å². The molecule has 2 aromatic carbocycles. The number of ketones is 1. The first-order valence-corrected chi connectivity index (χ1v) is 7.48. The molecule has 0 saturated heterocycles. The number of hydrogen-bond acceptors (Lipinski definition) is 2. The molecule has 0 amide bonds. The van der Waals surface area contributed by atoms with Crippen LogP contribution in [0.2, 0.25) is 0 Å². The number of carbonyl (C=O) groups excluding carboxylic acids is 1. The van der Waals surface area contributed by atoms with Gasteiger partial charge in [0.15, 0.2) is 5.78 Å². The fourth-order valence-electron chi connectivity index (χ4n) is 2.49. The lowest BCUT2D eigenvalue weighted by Crippen LogP contribution is -2.06. The summed E-state index contributed by atoms with van der Waals surface area (Å²) < 4.78 is 13.3. The molecule has 2 rings (SSSR count). The van der Waals surface area contributed by atoms with Crippen LogP contribution in [0.4, 0.5) is 4.39 Å². The van der Waals surface area contributed by atoms with Gasteiger partial charge in [-0.15, -0.1) is 0 Å². The molecule has 0 saturated carbocycles. The van der Waals surface area contributed by atoms with Gasteiger partial charge in [-0.1, -0.05) is 39.8 Å². The summed E-state index contributed by atoms with van der Waals surface area (Å²) in [7, 11) is 0. The Kier molecular flexibility index (Phi) is 4.65. The molecule has 0 atom stereocenters. The highest BCUT2D eigenvalue weighted by Crippen LogP contribution is 2.35. The van der Waals surface area contributed by atoms with E-state index in [0.29, 0.717) is 11.1 Å². The molecule has 0 bridgehead atoms. The zero-order valence-corrected chi connectivity index (χ0v) is 13.4. The predicted molar refractivity (Wildman–Crippen MR) is 86.1 cm³/mol. The van der Waals surface area contributed by atoms with Gasteiger partial charge in [-0.3, -0.25) is 4.79 Å². The predicted octanol–water partition coefficient (Wildman–Crippen LogP) is 5.01. The Bertz CT molecular complexity index is 673. The third-order valence-electron chi connectivity index (χ3n) is 3.76. The molecule has 0 radical (unpaired) electrons. The Labute approximate surface area is 130 Å². The van der Waals surface area contributed by atoms with E-state index in [1.54, 1.807) is 18.2 Å². The van der Waals surface area contributed by atoms with Crippen molar-refractivity contribution in [1.82, 2.24) is 0 Å². The third-order valence-corrected chi connectivity index (χ3v) is 3.76. The number of halogens is 1. The maximum atomic E-state index is 13.3. The molecule has 2 aromatic rings. The minimum Gasteiger partial charge on any atom is -0.507 e. The van der Waals surface area contributed by atoms with E-state index in [2.05, 4.69) is 0 Å². The molecule has 0 aliphatic rings. The normalized spacial score (nSPS) is 11.2. The van der Waals surface area contributed by atoms with Crippen LogP contribution in [0.15, 0.2) is 36.4 Å². The summed E-state index contributed by atoms with van der Waals surface area (Å²) in [5.74, 6) is -0.225. The Morgan fingerprint density at radius 2 is 1.50 bits per heavy atom. The van der Waals surface area contributed by atoms with Gasteiger partial charge in [0.25, 0.3) is 0 Å². The van der Waals surface area contributed by atoms with Gasteiger partial charge >= 0.3 is 0 Å². The maximum absolute atomic E-state index is 13.3. The molecular weight excluding hydrogens is 279 g/mol. The van der Waals surface area contributed by atoms with Crippen LogP contribution in [0.25, 0.3) is 0 Å². The van der Waals surface area contributed by atoms with Crippen molar-refractivity contribution in [2.75, 3.05) is 0 Å². The van der Waals surface area contributed by atoms with Crippen molar-refractivity contribution in [1.29, 1.82) is 0 Å². The van der Waals surface area contributed by atoms with Crippen molar-refractivity contribution < 1.29 is 14.3 Å². The van der Waals surface area contributed by atoms with Gasteiger partial charge in [-0.05, 0) is 47.2 Å². The monoisotopic (exact) mass is 300 g/mol. The fourth-order valence-corrected chi connectivity index (χ4v) is 2.49. The van der Waals surface area contributed by atoms with Gasteiger partial charge in [0.2, 0.25) is 0 Å². The van der Waals surface area contributed by atoms with Crippen molar-refractivity contribution in [3.63, 3.8) is 0 Å². The summed E-state index contributed by atoms with van der Waals surface area (Å²) in [6.07, 6.45) is 0. The van der Waals surface area contributed by atoms with Gasteiger partial charge in [0, 0.05) is 11.1 Å². The van der Waals surface area contributed by atoms with E-state index in [1.807, 2.05) is 27.7 Å². The molecule has 0 aliphatic heterocycles. The second-order valence-corrected chi connectivity index (χ2v) is 6.15. The minimum atomic E-state index is -0.433. The molecule has 0 unspecified atom stereocenters. The largest absolute Gasteiger partial charge is 0.507 e. The van der Waals surface area contributed by atoms with Gasteiger partial charge in [-0.2, -0.15) is 0 Å². The molecule has 0 aromatic heterocycles. The zero-order valence-electron chi connectivity index (χ0n) is 13.4. The average molecular weight is 300 g/mol. The molecule has 116 valence electrons. The quantitative estimate of drug-likeness (QED) is 0.806. The lowest BCUT2D eigenvalue weighted by Gasteiger charge is -2.17. The van der Waals surface area contributed by atoms with Crippen LogP contribution in [0.3, 0.4) is 0 Å². The van der Waals surface area contributed by atoms with Gasteiger partial charge in [-0.25, -0.2) is 4.39 Å². The summed E-state index contributed by atoms with van der Waals surface area (Å²) in [6.45, 7) is 7.87. The summed E-state index contributed by atoms with van der Waals surface area (Å²) in [5, 5.41) is 10.4. The average Bonchev–Trinajstić information content (AvgIpc) is 2.46. The first kappa shape index (κ1) is 16.2. The van der Waals surface area contributed by atoms with Crippen LogP contribution in [0.5, 0.6) is 5.75 Å². The van der Waals surface area contributed by atoms with E-state index in [-0.39, 0.29) is 23.4 Å². The molecule has 22 heavy (non-hydrogen) atoms. The van der Waals surface area contributed by atoms with Crippen LogP contribution in [-0.2, 0) is 0 Å². The molecule has 0 aliphatic carbocycles. The minimum absolute atomic E-state index is 0.0951. The lowest BCUT2D eigenvalue weighted by atomic mass is 9.89. The van der Waals surface area contributed by atoms with Crippen molar-refractivity contribution in [3.8, 4) is 5.75 Å². The summed E-state index contributed by atoms with van der Waals surface area (Å²) in [4.78, 5) is 12.6. The first-order chi connectivity index (χ1) is 10.3. The number of carbonyl (C=O) groups is 1. The summed E-state index contributed by atoms with van der Waals surface area (Å²) >= 11 is 0. The molecule has 0 fully saturated rings. The van der Waals surface area contributed by atoms with E-state index in [9.17, 15) is 14.3 Å². The SMILES string of the molecule is CC(C)c1cc(C(=O)c2cccc(F)c2)cc(C(C)C)c1O. The third kappa shape index (κ3) is 3.19. The van der Waals surface area contributed by atoms with E-state index in [0.717, 1.165) is 11.1 Å². The van der Waals surface area contributed by atoms with Crippen molar-refractivity contribution in [2.24, 2.45) is 0 Å². The van der Waals surface area contributed by atoms with Crippen LogP contribution in [-0.4, -0.2) is 10.9 Å². The Morgan fingerprint density at radius 3 is 1.95 bits per heavy atom. The Hall–Kier alpha value is -2.16. The molecule has 0 heterocycles. The number of phenolic OH excluding ortho intramolecular Hbond substituents is 1. The van der Waals surface area contributed by atoms with Crippen molar-refractivity contribution >= 4 is 5.78 Å². The number of rotatable bonds is 4. The molecule has 2 nitrogen and oxygen atoms in total. The smallest absolute Gasteiger partial charge is 0.193 e. The Balaban J connectivity index is 2.57. The van der Waals surface area contributed by atoms with E-state index in [1.165, 1.54) is 18.2 Å². The highest BCUT2D eigenvalue weighted by Gasteiger charge is 2.19. The molecule has 0 spiro atoms. The topological polar surface area (TPSA) is 37.3 Å². The van der Waals surface area contributed by atoms with Gasteiger partial charge in [0.05, 0.1) is 0 Å². The molecular formula is C19H21FO2. The molecule has 3 heteroatoms. The van der Waals surface area contributed by atoms with Crippen LogP contribution >= 0.6 is 0 Å². The van der Waals surface area contributed by atoms with Gasteiger partial charge in [0.1, 0.15) is 11.6 Å². The zero-order chi connectivity index (χ0) is 16.4. The first-order valence-electron chi connectivity index (χ1n) is 7.48. The van der Waals surface area contributed by atoms with E-state index in [4.69, 9.17) is 0 Å². The highest BCUT2D eigenvalue weighted by molar-refractivity contribution is 6.09. The number of aromatic hydroxyl groups is 1. The maximum Gasteiger partial charge on any atom is 0.193 e. The highest BCUT2D eigenvalue weighted by atomic mass is 19.1. The van der Waals surface area contributed by atoms with E-state index >= 15 is 0 Å². The standard InChI is InChI=1S/C19H21FO2/c1-11(2)16-9-14(10-17(12(3)4)19(16)22)18(21)13-6-5-7-15(20)8-13/h5-12,22H,1-4H3. The van der Waals surface area contributed by atoms with E-state index < -0.39 is 5.82 Å². The fraction of sp³-hybridized carbons (Fsp3) is 0.316.